The van der Waals surface area contributed by atoms with Gasteiger partial charge in [0.05, 0.1) is 5.25 Å². The Morgan fingerprint density at radius 1 is 0.696 bits per heavy atom. The van der Waals surface area contributed by atoms with Crippen LogP contribution in [0.25, 0.3) is 0 Å². The van der Waals surface area contributed by atoms with Crippen molar-refractivity contribution in [2.75, 3.05) is 0 Å². The van der Waals surface area contributed by atoms with Crippen molar-refractivity contribution in [2.45, 2.75) is 110 Å². The summed E-state index contributed by atoms with van der Waals surface area (Å²) in [5.41, 5.74) is 0. The minimum atomic E-state index is -3.91. The second-order valence-corrected chi connectivity index (χ2v) is 8.82. The van der Waals surface area contributed by atoms with Crippen molar-refractivity contribution in [3.63, 3.8) is 0 Å². The molecule has 0 aliphatic heterocycles. The van der Waals surface area contributed by atoms with Gasteiger partial charge < -0.3 is 0 Å². The average molecular weight is 349 g/mol. The normalized spacial score (nSPS) is 15.0. The Balaban J connectivity index is 4.47. The van der Waals surface area contributed by atoms with Gasteiger partial charge in [-0.2, -0.15) is 8.42 Å². The zero-order valence-corrected chi connectivity index (χ0v) is 16.7. The monoisotopic (exact) mass is 348 g/mol. The molecule has 0 rings (SSSR count). The maximum absolute atomic E-state index is 11.7. The molecule has 3 nitrogen and oxygen atoms in total. The van der Waals surface area contributed by atoms with Crippen LogP contribution in [0.2, 0.25) is 0 Å². The van der Waals surface area contributed by atoms with E-state index in [0.29, 0.717) is 24.7 Å². The largest absolute Gasteiger partial charge is 0.285 e. The Kier molecular flexibility index (Phi) is 13.2. The maximum Gasteiger partial charge on any atom is 0.267 e. The van der Waals surface area contributed by atoms with Gasteiger partial charge in [0, 0.05) is 0 Å². The summed E-state index contributed by atoms with van der Waals surface area (Å²) in [4.78, 5) is 0. The highest BCUT2D eigenvalue weighted by Gasteiger charge is 2.24. The Labute approximate surface area is 145 Å². The van der Waals surface area contributed by atoms with E-state index in [4.69, 9.17) is 0 Å². The topological polar surface area (TPSA) is 54.4 Å². The van der Waals surface area contributed by atoms with E-state index in [9.17, 15) is 13.0 Å². The zero-order chi connectivity index (χ0) is 17.7. The van der Waals surface area contributed by atoms with Gasteiger partial charge in [-0.25, -0.2) is 0 Å². The smallest absolute Gasteiger partial charge is 0.267 e. The van der Waals surface area contributed by atoms with Crippen LogP contribution < -0.4 is 0 Å². The van der Waals surface area contributed by atoms with Crippen molar-refractivity contribution in [3.8, 4) is 0 Å². The van der Waals surface area contributed by atoms with E-state index in [1.54, 1.807) is 0 Å². The van der Waals surface area contributed by atoms with Crippen molar-refractivity contribution >= 4 is 10.1 Å². The van der Waals surface area contributed by atoms with E-state index in [0.717, 1.165) is 25.7 Å². The molecule has 0 spiro atoms. The van der Waals surface area contributed by atoms with Crippen molar-refractivity contribution in [3.05, 3.63) is 0 Å². The second kappa shape index (κ2) is 13.2. The summed E-state index contributed by atoms with van der Waals surface area (Å²) >= 11 is 0. The first-order valence-electron chi connectivity index (χ1n) is 9.85. The van der Waals surface area contributed by atoms with Gasteiger partial charge in [0.2, 0.25) is 0 Å². The van der Waals surface area contributed by atoms with Gasteiger partial charge >= 0.3 is 0 Å². The number of unbranched alkanes of at least 4 members (excludes halogenated alkanes) is 2. The molecule has 0 unspecified atom stereocenters. The van der Waals surface area contributed by atoms with Gasteiger partial charge in [0.15, 0.2) is 0 Å². The lowest BCUT2D eigenvalue weighted by molar-refractivity contribution is 0.364. The second-order valence-electron chi connectivity index (χ2n) is 7.12. The van der Waals surface area contributed by atoms with Crippen LogP contribution in [-0.4, -0.2) is 18.2 Å². The molecule has 0 aliphatic rings. The fourth-order valence-electron chi connectivity index (χ4n) is 3.38. The molecule has 4 heteroatoms. The van der Waals surface area contributed by atoms with E-state index in [-0.39, 0.29) is 0 Å². The Morgan fingerprint density at radius 2 is 1.09 bits per heavy atom. The third-order valence-electron chi connectivity index (χ3n) is 5.30. The number of hydrogen-bond acceptors (Lipinski definition) is 2. The van der Waals surface area contributed by atoms with Crippen molar-refractivity contribution in [1.29, 1.82) is 0 Å². The number of hydrogen-bond donors (Lipinski definition) is 1. The predicted molar refractivity (Wildman–Crippen MR) is 100 cm³/mol. The molecule has 0 fully saturated rings. The fourth-order valence-corrected chi connectivity index (χ4v) is 4.24. The highest BCUT2D eigenvalue weighted by molar-refractivity contribution is 7.86. The highest BCUT2D eigenvalue weighted by atomic mass is 32.2. The zero-order valence-electron chi connectivity index (χ0n) is 15.9. The average Bonchev–Trinajstić information content (AvgIpc) is 2.51. The molecule has 0 aromatic rings. The third kappa shape index (κ3) is 11.1. The van der Waals surface area contributed by atoms with Gasteiger partial charge in [-0.1, -0.05) is 79.1 Å². The van der Waals surface area contributed by atoms with E-state index < -0.39 is 15.4 Å². The minimum absolute atomic E-state index is 0.561. The van der Waals surface area contributed by atoms with Crippen LogP contribution in [-0.2, 0) is 10.1 Å². The van der Waals surface area contributed by atoms with Gasteiger partial charge in [0.1, 0.15) is 0 Å². The molecule has 0 saturated carbocycles. The van der Waals surface area contributed by atoms with E-state index >= 15 is 0 Å². The molecular formula is C19H40O3S. The Morgan fingerprint density at radius 3 is 1.35 bits per heavy atom. The summed E-state index contributed by atoms with van der Waals surface area (Å²) in [7, 11) is -3.91. The predicted octanol–water partition coefficient (Wildman–Crippen LogP) is 6.24. The number of rotatable bonds is 15. The molecule has 0 saturated heterocycles. The van der Waals surface area contributed by atoms with Crippen LogP contribution in [0.5, 0.6) is 0 Å². The third-order valence-corrected chi connectivity index (χ3v) is 6.62. The first kappa shape index (κ1) is 22.9. The van der Waals surface area contributed by atoms with Crippen molar-refractivity contribution in [1.82, 2.24) is 0 Å². The summed E-state index contributed by atoms with van der Waals surface area (Å²) in [5.74, 6) is 1.20. The summed E-state index contributed by atoms with van der Waals surface area (Å²) in [6.45, 7) is 8.74. The van der Waals surface area contributed by atoms with Crippen LogP contribution in [0.1, 0.15) is 105 Å². The first-order valence-corrected chi connectivity index (χ1v) is 11.3. The molecule has 23 heavy (non-hydrogen) atoms. The minimum Gasteiger partial charge on any atom is -0.285 e. The molecule has 1 N–H and O–H groups in total. The standard InChI is InChI=1S/C19H40O3S/c1-5-9-11-17(7-3)13-15-19(23(20,21)22)16-14-18(8-4)12-10-6-2/h17-19H,5-16H2,1-4H3,(H,20,21,22)/t17-,18-/m1/s1. The van der Waals surface area contributed by atoms with E-state index in [2.05, 4.69) is 27.7 Å². The molecule has 0 aromatic carbocycles. The first-order chi connectivity index (χ1) is 10.9. The van der Waals surface area contributed by atoms with Crippen LogP contribution in [0.15, 0.2) is 0 Å². The van der Waals surface area contributed by atoms with E-state index in [1.165, 1.54) is 38.5 Å². The van der Waals surface area contributed by atoms with Crippen molar-refractivity contribution < 1.29 is 13.0 Å². The Hall–Kier alpha value is -0.0900. The summed E-state index contributed by atoms with van der Waals surface area (Å²) < 4.78 is 33.0. The lowest BCUT2D eigenvalue weighted by Gasteiger charge is -2.21. The SMILES string of the molecule is CCCC[C@@H](CC)CCC(CC[C@H](CC)CCCC)S(=O)(=O)O. The lowest BCUT2D eigenvalue weighted by Crippen LogP contribution is -2.22. The van der Waals surface area contributed by atoms with Crippen LogP contribution in [0, 0.1) is 11.8 Å². The van der Waals surface area contributed by atoms with Gasteiger partial charge in [-0.05, 0) is 37.5 Å². The molecule has 0 bridgehead atoms. The maximum atomic E-state index is 11.7. The molecule has 0 aromatic heterocycles. The van der Waals surface area contributed by atoms with Crippen molar-refractivity contribution in [2.24, 2.45) is 11.8 Å². The summed E-state index contributed by atoms with van der Waals surface area (Å²) in [5, 5.41) is -0.561. The lowest BCUT2D eigenvalue weighted by atomic mass is 9.90. The van der Waals surface area contributed by atoms with Gasteiger partial charge in [-0.3, -0.25) is 4.55 Å². The molecular weight excluding hydrogens is 308 g/mol. The molecule has 0 aliphatic carbocycles. The highest BCUT2D eigenvalue weighted by Crippen LogP contribution is 2.26. The summed E-state index contributed by atoms with van der Waals surface area (Å²) in [6.07, 6.45) is 12.4. The van der Waals surface area contributed by atoms with Gasteiger partial charge in [-0.15, -0.1) is 0 Å². The van der Waals surface area contributed by atoms with Crippen LogP contribution in [0.4, 0.5) is 0 Å². The van der Waals surface area contributed by atoms with Gasteiger partial charge in [0.25, 0.3) is 10.1 Å². The Bertz CT molecular complexity index is 345. The molecule has 140 valence electrons. The molecule has 0 amide bonds. The summed E-state index contributed by atoms with van der Waals surface area (Å²) in [6, 6.07) is 0. The molecule has 2 atom stereocenters. The van der Waals surface area contributed by atoms with E-state index in [1.807, 2.05) is 0 Å². The van der Waals surface area contributed by atoms with Crippen LogP contribution in [0.3, 0.4) is 0 Å². The quantitative estimate of drug-likeness (QED) is 0.357. The van der Waals surface area contributed by atoms with Crippen LogP contribution >= 0.6 is 0 Å². The molecule has 0 heterocycles. The fraction of sp³-hybridized carbons (Fsp3) is 1.00. The molecule has 0 radical (unpaired) electrons.